The predicted molar refractivity (Wildman–Crippen MR) is 189 cm³/mol. The van der Waals surface area contributed by atoms with E-state index in [2.05, 4.69) is 93.6 Å². The van der Waals surface area contributed by atoms with Crippen LogP contribution < -0.4 is 0 Å². The Hall–Kier alpha value is -2.25. The van der Waals surface area contributed by atoms with Crippen molar-refractivity contribution in [1.29, 1.82) is 0 Å². The van der Waals surface area contributed by atoms with Crippen molar-refractivity contribution in [2.75, 3.05) is 0 Å². The summed E-state index contributed by atoms with van der Waals surface area (Å²) < 4.78 is 0. The van der Waals surface area contributed by atoms with Gasteiger partial charge in [0.25, 0.3) is 0 Å². The standard InChI is InChI=1S/C40H60N2.Ni/c1-4-7-10-12-14-16-18-20-22-28-36-30-24-26-33-39(36)41-35-38(32-9-6-3)42-40-34-27-25-31-37(40)29-23-21-19-17-15-13-11-8-5-2;/h18-21,24-27,30-31,33-35H,4-17,22-23,28-29,32H2,1-3H3;/b20-18+,21-19+,41-35?,42-38?;. The van der Waals surface area contributed by atoms with Crippen LogP contribution in [0.15, 0.2) is 82.8 Å². The van der Waals surface area contributed by atoms with Gasteiger partial charge in [0, 0.05) is 22.7 Å². The minimum Gasteiger partial charge on any atom is -0.255 e. The Kier molecular flexibility index (Phi) is 24.6. The van der Waals surface area contributed by atoms with Crippen LogP contribution in [0.2, 0.25) is 0 Å². The summed E-state index contributed by atoms with van der Waals surface area (Å²) in [5, 5.41) is 0. The number of allylic oxidation sites excluding steroid dienone is 4. The van der Waals surface area contributed by atoms with Crippen molar-refractivity contribution in [2.24, 2.45) is 9.98 Å². The zero-order valence-electron chi connectivity index (χ0n) is 27.7. The van der Waals surface area contributed by atoms with Gasteiger partial charge in [-0.15, -0.1) is 0 Å². The van der Waals surface area contributed by atoms with Crippen LogP contribution in [0, 0.1) is 0 Å². The Morgan fingerprint density at radius 2 is 1.00 bits per heavy atom. The largest absolute Gasteiger partial charge is 0.255 e. The third-order valence-electron chi connectivity index (χ3n) is 7.83. The fraction of sp³-hybridized carbons (Fsp3) is 0.550. The third-order valence-corrected chi connectivity index (χ3v) is 7.83. The van der Waals surface area contributed by atoms with Gasteiger partial charge >= 0.3 is 0 Å². The molecule has 240 valence electrons. The Morgan fingerprint density at radius 3 is 1.56 bits per heavy atom. The van der Waals surface area contributed by atoms with Crippen molar-refractivity contribution in [2.45, 2.75) is 143 Å². The number of aryl methyl sites for hydroxylation is 2. The number of hydrogen-bond acceptors (Lipinski definition) is 2. The Balaban J connectivity index is 0.00000924. The minimum absolute atomic E-state index is 0. The van der Waals surface area contributed by atoms with Gasteiger partial charge in [0.1, 0.15) is 0 Å². The molecule has 0 saturated heterocycles. The minimum atomic E-state index is 0. The van der Waals surface area contributed by atoms with E-state index < -0.39 is 0 Å². The average molecular weight is 628 g/mol. The van der Waals surface area contributed by atoms with E-state index in [0.29, 0.717) is 0 Å². The number of rotatable bonds is 24. The second-order valence-electron chi connectivity index (χ2n) is 11.6. The van der Waals surface area contributed by atoms with Crippen LogP contribution in [0.4, 0.5) is 11.4 Å². The quantitative estimate of drug-likeness (QED) is 0.0479. The predicted octanol–water partition coefficient (Wildman–Crippen LogP) is 13.0. The van der Waals surface area contributed by atoms with E-state index >= 15 is 0 Å². The topological polar surface area (TPSA) is 24.7 Å². The first-order valence-corrected chi connectivity index (χ1v) is 17.4. The number of para-hydroxylation sites is 2. The molecule has 0 saturated carbocycles. The molecule has 0 unspecified atom stereocenters. The maximum Gasteiger partial charge on any atom is 0.0665 e. The Bertz CT molecular complexity index is 1070. The summed E-state index contributed by atoms with van der Waals surface area (Å²) in [5.41, 5.74) is 5.88. The first-order chi connectivity index (χ1) is 20.8. The van der Waals surface area contributed by atoms with E-state index in [4.69, 9.17) is 9.98 Å². The molecule has 43 heavy (non-hydrogen) atoms. The normalized spacial score (nSPS) is 12.1. The fourth-order valence-corrected chi connectivity index (χ4v) is 5.17. The zero-order chi connectivity index (χ0) is 29.9. The molecule has 0 N–H and O–H groups in total. The third kappa shape index (κ3) is 18.9. The van der Waals surface area contributed by atoms with Crippen LogP contribution >= 0.6 is 0 Å². The summed E-state index contributed by atoms with van der Waals surface area (Å²) in [7, 11) is 0. The molecule has 2 rings (SSSR count). The molecule has 0 spiro atoms. The Labute approximate surface area is 275 Å². The van der Waals surface area contributed by atoms with Crippen molar-refractivity contribution >= 4 is 23.3 Å². The SMILES string of the molecule is CCCCCCC/C=C/CCc1ccccc1N=CC(CCCC)=Nc1ccccc1CC/C=C/CCCCCCC.[Ni]. The van der Waals surface area contributed by atoms with Crippen molar-refractivity contribution < 1.29 is 16.5 Å². The van der Waals surface area contributed by atoms with Crippen molar-refractivity contribution in [3.05, 3.63) is 84.0 Å². The molecule has 0 fully saturated rings. The van der Waals surface area contributed by atoms with Crippen LogP contribution in [-0.2, 0) is 29.3 Å². The van der Waals surface area contributed by atoms with Gasteiger partial charge in [-0.3, -0.25) is 9.98 Å². The molecule has 0 radical (unpaired) electrons. The summed E-state index contributed by atoms with van der Waals surface area (Å²) >= 11 is 0. The molecule has 2 aromatic rings. The van der Waals surface area contributed by atoms with Crippen LogP contribution in [0.25, 0.3) is 0 Å². The molecule has 2 nitrogen and oxygen atoms in total. The van der Waals surface area contributed by atoms with E-state index in [1.165, 1.54) is 88.2 Å². The molecule has 2 aromatic carbocycles. The van der Waals surface area contributed by atoms with Gasteiger partial charge in [-0.05, 0) is 87.5 Å². The fourth-order valence-electron chi connectivity index (χ4n) is 5.17. The maximum atomic E-state index is 5.15. The Morgan fingerprint density at radius 1 is 0.535 bits per heavy atom. The number of benzene rings is 2. The number of unbranched alkanes of at least 4 members (excludes halogenated alkanes) is 11. The molecule has 0 amide bonds. The second kappa shape index (κ2) is 27.3. The number of nitrogens with zero attached hydrogens (tertiary/aromatic N) is 2. The van der Waals surface area contributed by atoms with Gasteiger partial charge in [0.05, 0.1) is 17.1 Å². The van der Waals surface area contributed by atoms with Gasteiger partial charge in [0.2, 0.25) is 0 Å². The van der Waals surface area contributed by atoms with E-state index in [1.807, 2.05) is 6.21 Å². The first kappa shape index (κ1) is 38.8. The average Bonchev–Trinajstić information content (AvgIpc) is 3.02. The summed E-state index contributed by atoms with van der Waals surface area (Å²) in [4.78, 5) is 10.1. The molecule has 3 heteroatoms. The zero-order valence-corrected chi connectivity index (χ0v) is 28.6. The van der Waals surface area contributed by atoms with Gasteiger partial charge in [0.15, 0.2) is 0 Å². The molecular formula is C40H60N2Ni. The first-order valence-electron chi connectivity index (χ1n) is 17.4. The summed E-state index contributed by atoms with van der Waals surface area (Å²) in [6.45, 7) is 6.79. The molecule has 0 atom stereocenters. The molecule has 0 aliphatic carbocycles. The van der Waals surface area contributed by atoms with Crippen LogP contribution in [0.5, 0.6) is 0 Å². The van der Waals surface area contributed by atoms with Crippen LogP contribution in [0.1, 0.15) is 141 Å². The molecule has 0 bridgehead atoms. The monoisotopic (exact) mass is 626 g/mol. The van der Waals surface area contributed by atoms with Gasteiger partial charge < -0.3 is 0 Å². The summed E-state index contributed by atoms with van der Waals surface area (Å²) in [6.07, 6.45) is 34.8. The van der Waals surface area contributed by atoms with Crippen molar-refractivity contribution in [3.8, 4) is 0 Å². The van der Waals surface area contributed by atoms with Crippen LogP contribution in [0.3, 0.4) is 0 Å². The van der Waals surface area contributed by atoms with E-state index in [1.54, 1.807) is 0 Å². The van der Waals surface area contributed by atoms with E-state index in [9.17, 15) is 0 Å². The maximum absolute atomic E-state index is 5.15. The van der Waals surface area contributed by atoms with Gasteiger partial charge in [-0.1, -0.05) is 139 Å². The van der Waals surface area contributed by atoms with Crippen molar-refractivity contribution in [1.82, 2.24) is 0 Å². The van der Waals surface area contributed by atoms with Gasteiger partial charge in [-0.2, -0.15) is 0 Å². The summed E-state index contributed by atoms with van der Waals surface area (Å²) in [5.74, 6) is 0. The molecule has 0 aliphatic heterocycles. The van der Waals surface area contributed by atoms with E-state index in [0.717, 1.165) is 62.0 Å². The number of aliphatic imine (C=N–C) groups is 2. The van der Waals surface area contributed by atoms with Crippen LogP contribution in [-0.4, -0.2) is 11.9 Å². The second-order valence-corrected chi connectivity index (χ2v) is 11.6. The molecule has 0 aliphatic rings. The van der Waals surface area contributed by atoms with Gasteiger partial charge in [-0.25, -0.2) is 0 Å². The van der Waals surface area contributed by atoms with Crippen molar-refractivity contribution in [3.63, 3.8) is 0 Å². The molecular weight excluding hydrogens is 567 g/mol. The molecule has 0 heterocycles. The van der Waals surface area contributed by atoms with E-state index in [-0.39, 0.29) is 16.5 Å². The molecule has 0 aromatic heterocycles. The number of hydrogen-bond donors (Lipinski definition) is 0. The summed E-state index contributed by atoms with van der Waals surface area (Å²) in [6, 6.07) is 17.2. The smallest absolute Gasteiger partial charge is 0.0665 e.